The van der Waals surface area contributed by atoms with Crippen LogP contribution in [0.15, 0.2) is 30.3 Å². The van der Waals surface area contributed by atoms with Gasteiger partial charge in [0.1, 0.15) is 11.6 Å². The second-order valence-electron chi connectivity index (χ2n) is 4.42. The molecule has 0 saturated heterocycles. The molecule has 0 bridgehead atoms. The van der Waals surface area contributed by atoms with Gasteiger partial charge in [0, 0.05) is 18.3 Å². The third kappa shape index (κ3) is 3.84. The number of anilines is 4. The lowest BCUT2D eigenvalue weighted by molar-refractivity contribution is 0.967. The maximum atomic E-state index is 5.71. The van der Waals surface area contributed by atoms with Crippen LogP contribution in [-0.4, -0.2) is 16.5 Å². The maximum Gasteiger partial charge on any atom is 0.223 e. The zero-order valence-corrected chi connectivity index (χ0v) is 11.3. The van der Waals surface area contributed by atoms with Gasteiger partial charge < -0.3 is 16.4 Å². The number of hydrogen-bond donors (Lipinski definition) is 3. The summed E-state index contributed by atoms with van der Waals surface area (Å²) >= 11 is 0. The summed E-state index contributed by atoms with van der Waals surface area (Å²) in [6.07, 6.45) is 1.03. The smallest absolute Gasteiger partial charge is 0.223 e. The first-order valence-electron chi connectivity index (χ1n) is 6.39. The topological polar surface area (TPSA) is 75.9 Å². The van der Waals surface area contributed by atoms with E-state index in [4.69, 9.17) is 5.73 Å². The van der Waals surface area contributed by atoms with Gasteiger partial charge in [-0.3, -0.25) is 0 Å². The van der Waals surface area contributed by atoms with Gasteiger partial charge >= 0.3 is 0 Å². The van der Waals surface area contributed by atoms with E-state index in [2.05, 4.69) is 33.6 Å². The molecule has 100 valence electrons. The molecule has 1 heterocycles. The van der Waals surface area contributed by atoms with E-state index in [0.29, 0.717) is 5.82 Å². The normalized spacial score (nSPS) is 10.2. The summed E-state index contributed by atoms with van der Waals surface area (Å²) in [7, 11) is 0. The minimum Gasteiger partial charge on any atom is -0.370 e. The summed E-state index contributed by atoms with van der Waals surface area (Å²) in [6.45, 7) is 5.01. The van der Waals surface area contributed by atoms with Crippen LogP contribution in [0.2, 0.25) is 0 Å². The molecule has 0 spiro atoms. The number of nitrogens with zero attached hydrogens (tertiary/aromatic N) is 2. The summed E-state index contributed by atoms with van der Waals surface area (Å²) in [5.74, 6) is 1.69. The highest BCUT2D eigenvalue weighted by Gasteiger charge is 2.02. The van der Waals surface area contributed by atoms with E-state index < -0.39 is 0 Å². The molecular weight excluding hydrogens is 238 g/mol. The molecule has 1 aromatic carbocycles. The number of nitrogens with one attached hydrogen (secondary N) is 2. The van der Waals surface area contributed by atoms with Crippen LogP contribution in [0, 0.1) is 6.92 Å². The molecule has 0 atom stereocenters. The lowest BCUT2D eigenvalue weighted by Gasteiger charge is -2.09. The molecule has 0 fully saturated rings. The van der Waals surface area contributed by atoms with Gasteiger partial charge in [-0.05, 0) is 31.0 Å². The Morgan fingerprint density at radius 1 is 1.16 bits per heavy atom. The molecule has 1 aromatic heterocycles. The predicted octanol–water partition coefficient (Wildman–Crippen LogP) is 2.93. The van der Waals surface area contributed by atoms with Crippen molar-refractivity contribution in [2.24, 2.45) is 0 Å². The highest BCUT2D eigenvalue weighted by atomic mass is 15.1. The molecule has 0 amide bonds. The first-order chi connectivity index (χ1) is 9.17. The Balaban J connectivity index is 2.17. The van der Waals surface area contributed by atoms with Gasteiger partial charge in [-0.2, -0.15) is 9.97 Å². The molecule has 4 N–H and O–H groups in total. The lowest BCUT2D eigenvalue weighted by Crippen LogP contribution is -2.06. The summed E-state index contributed by atoms with van der Waals surface area (Å²) < 4.78 is 0. The maximum absolute atomic E-state index is 5.71. The molecule has 0 aliphatic heterocycles. The number of benzene rings is 1. The molecule has 0 aliphatic carbocycles. The van der Waals surface area contributed by atoms with Gasteiger partial charge in [-0.25, -0.2) is 0 Å². The fourth-order valence-electron chi connectivity index (χ4n) is 1.74. The van der Waals surface area contributed by atoms with E-state index >= 15 is 0 Å². The summed E-state index contributed by atoms with van der Waals surface area (Å²) in [5, 5.41) is 6.43. The van der Waals surface area contributed by atoms with E-state index in [1.165, 1.54) is 5.56 Å². The molecule has 0 unspecified atom stereocenters. The Morgan fingerprint density at radius 2 is 1.95 bits per heavy atom. The highest BCUT2D eigenvalue weighted by molar-refractivity contribution is 5.61. The van der Waals surface area contributed by atoms with E-state index in [0.717, 1.165) is 24.5 Å². The molecule has 0 saturated carbocycles. The van der Waals surface area contributed by atoms with Crippen LogP contribution >= 0.6 is 0 Å². The minimum absolute atomic E-state index is 0.260. The van der Waals surface area contributed by atoms with E-state index in [1.54, 1.807) is 0 Å². The summed E-state index contributed by atoms with van der Waals surface area (Å²) in [4.78, 5) is 8.33. The standard InChI is InChI=1S/C14H19N5/c1-3-7-16-12-9-13(19-14(15)18-12)17-11-6-4-5-10(2)8-11/h4-6,8-9H,3,7H2,1-2H3,(H4,15,16,17,18,19). The van der Waals surface area contributed by atoms with Crippen molar-refractivity contribution >= 4 is 23.3 Å². The molecule has 19 heavy (non-hydrogen) atoms. The number of aromatic nitrogens is 2. The van der Waals surface area contributed by atoms with Gasteiger partial charge in [-0.1, -0.05) is 19.1 Å². The number of aryl methyl sites for hydroxylation is 1. The second-order valence-corrected chi connectivity index (χ2v) is 4.42. The average molecular weight is 257 g/mol. The molecule has 2 rings (SSSR count). The van der Waals surface area contributed by atoms with Crippen molar-refractivity contribution in [3.63, 3.8) is 0 Å². The SMILES string of the molecule is CCCNc1cc(Nc2cccc(C)c2)nc(N)n1. The number of hydrogen-bond acceptors (Lipinski definition) is 5. The Kier molecular flexibility index (Phi) is 4.18. The summed E-state index contributed by atoms with van der Waals surface area (Å²) in [5.41, 5.74) is 7.89. The van der Waals surface area contributed by atoms with Crippen molar-refractivity contribution < 1.29 is 0 Å². The Bertz CT molecular complexity index is 553. The molecular formula is C14H19N5. The zero-order chi connectivity index (χ0) is 13.7. The third-order valence-electron chi connectivity index (χ3n) is 2.59. The van der Waals surface area contributed by atoms with Crippen LogP contribution in [0.25, 0.3) is 0 Å². The zero-order valence-electron chi connectivity index (χ0n) is 11.3. The fourth-order valence-corrected chi connectivity index (χ4v) is 1.74. The van der Waals surface area contributed by atoms with Crippen molar-refractivity contribution in [1.29, 1.82) is 0 Å². The lowest BCUT2D eigenvalue weighted by atomic mass is 10.2. The van der Waals surface area contributed by atoms with Crippen molar-refractivity contribution in [3.05, 3.63) is 35.9 Å². The molecule has 2 aromatic rings. The molecule has 0 aliphatic rings. The Labute approximate surface area is 113 Å². The number of rotatable bonds is 5. The monoisotopic (exact) mass is 257 g/mol. The fraction of sp³-hybridized carbons (Fsp3) is 0.286. The van der Waals surface area contributed by atoms with Gasteiger partial charge in [0.2, 0.25) is 5.95 Å². The van der Waals surface area contributed by atoms with Crippen molar-refractivity contribution in [3.8, 4) is 0 Å². The number of nitrogen functional groups attached to an aromatic ring is 1. The third-order valence-corrected chi connectivity index (χ3v) is 2.59. The van der Waals surface area contributed by atoms with Crippen molar-refractivity contribution in [2.75, 3.05) is 22.9 Å². The minimum atomic E-state index is 0.260. The quantitative estimate of drug-likeness (QED) is 0.767. The van der Waals surface area contributed by atoms with Gasteiger partial charge in [-0.15, -0.1) is 0 Å². The largest absolute Gasteiger partial charge is 0.370 e. The molecule has 5 nitrogen and oxygen atoms in total. The second kappa shape index (κ2) is 6.04. The van der Waals surface area contributed by atoms with Gasteiger partial charge in [0.05, 0.1) is 0 Å². The van der Waals surface area contributed by atoms with Gasteiger partial charge in [0.25, 0.3) is 0 Å². The van der Waals surface area contributed by atoms with Crippen molar-refractivity contribution in [1.82, 2.24) is 9.97 Å². The highest BCUT2D eigenvalue weighted by Crippen LogP contribution is 2.18. The van der Waals surface area contributed by atoms with Crippen LogP contribution in [0.1, 0.15) is 18.9 Å². The van der Waals surface area contributed by atoms with Crippen LogP contribution in [0.5, 0.6) is 0 Å². The van der Waals surface area contributed by atoms with E-state index in [1.807, 2.05) is 31.2 Å². The predicted molar refractivity (Wildman–Crippen MR) is 79.7 cm³/mol. The molecule has 0 radical (unpaired) electrons. The van der Waals surface area contributed by atoms with Gasteiger partial charge in [0.15, 0.2) is 0 Å². The van der Waals surface area contributed by atoms with Crippen molar-refractivity contribution in [2.45, 2.75) is 20.3 Å². The van der Waals surface area contributed by atoms with Crippen LogP contribution < -0.4 is 16.4 Å². The Morgan fingerprint density at radius 3 is 2.68 bits per heavy atom. The van der Waals surface area contributed by atoms with Crippen LogP contribution in [0.4, 0.5) is 23.3 Å². The molecule has 5 heteroatoms. The average Bonchev–Trinajstić information content (AvgIpc) is 2.35. The Hall–Kier alpha value is -2.30. The first kappa shape index (κ1) is 13.1. The van der Waals surface area contributed by atoms with E-state index in [-0.39, 0.29) is 5.95 Å². The van der Waals surface area contributed by atoms with Crippen LogP contribution in [0.3, 0.4) is 0 Å². The van der Waals surface area contributed by atoms with Crippen LogP contribution in [-0.2, 0) is 0 Å². The summed E-state index contributed by atoms with van der Waals surface area (Å²) in [6, 6.07) is 9.95. The number of nitrogens with two attached hydrogens (primary N) is 1. The van der Waals surface area contributed by atoms with E-state index in [9.17, 15) is 0 Å². The first-order valence-corrected chi connectivity index (χ1v) is 6.39.